The highest BCUT2D eigenvalue weighted by Gasteiger charge is 2.28. The number of rotatable bonds is 5. The van der Waals surface area contributed by atoms with Gasteiger partial charge >= 0.3 is 0 Å². The van der Waals surface area contributed by atoms with E-state index in [4.69, 9.17) is 4.74 Å². The summed E-state index contributed by atoms with van der Waals surface area (Å²) in [5.74, 6) is 0.260. The number of hydrogen-bond donors (Lipinski definition) is 2. The Balaban J connectivity index is 1.69. The lowest BCUT2D eigenvalue weighted by molar-refractivity contribution is -0.129. The SMILES string of the molecule is CC(C)(C)C(=O)NC[C@@H]1C[C@H](CNC(=O)c2ccccc2)CO1. The van der Waals surface area contributed by atoms with Gasteiger partial charge in [0.2, 0.25) is 5.91 Å². The van der Waals surface area contributed by atoms with Crippen LogP contribution in [0.4, 0.5) is 0 Å². The first-order chi connectivity index (χ1) is 10.9. The Hall–Kier alpha value is -1.88. The van der Waals surface area contributed by atoms with Crippen molar-refractivity contribution in [2.45, 2.75) is 33.3 Å². The summed E-state index contributed by atoms with van der Waals surface area (Å²) >= 11 is 0. The minimum atomic E-state index is -0.387. The molecule has 0 bridgehead atoms. The van der Waals surface area contributed by atoms with E-state index in [1.165, 1.54) is 0 Å². The van der Waals surface area contributed by atoms with Crippen molar-refractivity contribution in [1.82, 2.24) is 10.6 Å². The summed E-state index contributed by atoms with van der Waals surface area (Å²) in [5.41, 5.74) is 0.280. The van der Waals surface area contributed by atoms with Crippen LogP contribution in [0.25, 0.3) is 0 Å². The standard InChI is InChI=1S/C18H26N2O3/c1-18(2,3)17(22)20-11-15-9-13(12-23-15)10-19-16(21)14-7-5-4-6-8-14/h4-8,13,15H,9-12H2,1-3H3,(H,19,21)(H,20,22)/t13-,15+/m1/s1. The molecule has 5 nitrogen and oxygen atoms in total. The molecule has 1 aromatic rings. The maximum absolute atomic E-state index is 12.0. The largest absolute Gasteiger partial charge is 0.376 e. The van der Waals surface area contributed by atoms with E-state index in [2.05, 4.69) is 10.6 Å². The Morgan fingerprint density at radius 3 is 2.48 bits per heavy atom. The zero-order valence-electron chi connectivity index (χ0n) is 14.1. The normalized spacial score (nSPS) is 21.0. The van der Waals surface area contributed by atoms with Crippen molar-refractivity contribution < 1.29 is 14.3 Å². The van der Waals surface area contributed by atoms with Crippen LogP contribution in [-0.4, -0.2) is 37.6 Å². The summed E-state index contributed by atoms with van der Waals surface area (Å²) in [7, 11) is 0. The van der Waals surface area contributed by atoms with E-state index in [0.29, 0.717) is 31.2 Å². The second kappa shape index (κ2) is 7.59. The second-order valence-corrected chi connectivity index (χ2v) is 7.09. The number of ether oxygens (including phenoxy) is 1. The van der Waals surface area contributed by atoms with Gasteiger partial charge in [0.15, 0.2) is 0 Å². The quantitative estimate of drug-likeness (QED) is 0.872. The molecule has 1 saturated heterocycles. The van der Waals surface area contributed by atoms with Crippen LogP contribution in [0.2, 0.25) is 0 Å². The van der Waals surface area contributed by atoms with E-state index < -0.39 is 0 Å². The number of nitrogens with one attached hydrogen (secondary N) is 2. The van der Waals surface area contributed by atoms with Gasteiger partial charge in [-0.3, -0.25) is 9.59 Å². The van der Waals surface area contributed by atoms with Crippen molar-refractivity contribution in [2.24, 2.45) is 11.3 Å². The van der Waals surface area contributed by atoms with Crippen LogP contribution in [0.5, 0.6) is 0 Å². The second-order valence-electron chi connectivity index (χ2n) is 7.09. The molecule has 1 fully saturated rings. The van der Waals surface area contributed by atoms with E-state index in [1.54, 1.807) is 12.1 Å². The molecule has 2 amide bonds. The van der Waals surface area contributed by atoms with Gasteiger partial charge in [-0.2, -0.15) is 0 Å². The van der Waals surface area contributed by atoms with E-state index in [0.717, 1.165) is 6.42 Å². The highest BCUT2D eigenvalue weighted by atomic mass is 16.5. The van der Waals surface area contributed by atoms with Crippen molar-refractivity contribution in [1.29, 1.82) is 0 Å². The lowest BCUT2D eigenvalue weighted by Crippen LogP contribution is -2.39. The Bertz CT molecular complexity index is 537. The third kappa shape index (κ3) is 5.36. The molecule has 1 aromatic carbocycles. The number of benzene rings is 1. The smallest absolute Gasteiger partial charge is 0.251 e. The molecule has 23 heavy (non-hydrogen) atoms. The fourth-order valence-electron chi connectivity index (χ4n) is 2.46. The van der Waals surface area contributed by atoms with Crippen LogP contribution in [0.3, 0.4) is 0 Å². The maximum Gasteiger partial charge on any atom is 0.251 e. The molecule has 0 aliphatic carbocycles. The monoisotopic (exact) mass is 318 g/mol. The molecule has 0 radical (unpaired) electrons. The third-order valence-corrected chi connectivity index (χ3v) is 3.92. The van der Waals surface area contributed by atoms with Crippen LogP contribution in [0, 0.1) is 11.3 Å². The number of carbonyl (C=O) groups is 2. The highest BCUT2D eigenvalue weighted by molar-refractivity contribution is 5.94. The molecule has 1 aliphatic rings. The minimum absolute atomic E-state index is 0.0277. The summed E-state index contributed by atoms with van der Waals surface area (Å²) in [6.07, 6.45) is 0.874. The predicted octanol–water partition coefficient (Wildman–Crippen LogP) is 1.98. The molecule has 0 aromatic heterocycles. The van der Waals surface area contributed by atoms with Crippen LogP contribution in [0.15, 0.2) is 30.3 Å². The molecule has 1 aliphatic heterocycles. The summed E-state index contributed by atoms with van der Waals surface area (Å²) in [6.45, 7) is 7.40. The molecule has 126 valence electrons. The zero-order valence-corrected chi connectivity index (χ0v) is 14.1. The Morgan fingerprint density at radius 2 is 1.83 bits per heavy atom. The molecule has 5 heteroatoms. The third-order valence-electron chi connectivity index (χ3n) is 3.92. The van der Waals surface area contributed by atoms with Gasteiger partial charge in [-0.25, -0.2) is 0 Å². The minimum Gasteiger partial charge on any atom is -0.376 e. The van der Waals surface area contributed by atoms with Gasteiger partial charge in [-0.05, 0) is 18.6 Å². The summed E-state index contributed by atoms with van der Waals surface area (Å²) in [5, 5.41) is 5.87. The van der Waals surface area contributed by atoms with Gasteiger partial charge in [0.05, 0.1) is 12.7 Å². The molecule has 2 N–H and O–H groups in total. The van der Waals surface area contributed by atoms with Gasteiger partial charge in [-0.1, -0.05) is 39.0 Å². The first-order valence-electron chi connectivity index (χ1n) is 8.09. The molecule has 1 heterocycles. The van der Waals surface area contributed by atoms with Gasteiger partial charge < -0.3 is 15.4 Å². The van der Waals surface area contributed by atoms with Crippen molar-refractivity contribution in [3.05, 3.63) is 35.9 Å². The van der Waals surface area contributed by atoms with E-state index in [9.17, 15) is 9.59 Å². The highest BCUT2D eigenvalue weighted by Crippen LogP contribution is 2.19. The molecular formula is C18H26N2O3. The Morgan fingerprint density at radius 1 is 1.13 bits per heavy atom. The first kappa shape index (κ1) is 17.5. The van der Waals surface area contributed by atoms with Gasteiger partial charge in [-0.15, -0.1) is 0 Å². The number of carbonyl (C=O) groups excluding carboxylic acids is 2. The molecule has 0 spiro atoms. The number of amides is 2. The molecular weight excluding hydrogens is 292 g/mol. The maximum atomic E-state index is 12.0. The summed E-state index contributed by atoms with van der Waals surface area (Å²) in [4.78, 5) is 23.9. The molecule has 2 rings (SSSR count). The van der Waals surface area contributed by atoms with Crippen LogP contribution >= 0.6 is 0 Å². The fraction of sp³-hybridized carbons (Fsp3) is 0.556. The van der Waals surface area contributed by atoms with Crippen molar-refractivity contribution in [2.75, 3.05) is 19.7 Å². The summed E-state index contributed by atoms with van der Waals surface area (Å²) in [6, 6.07) is 9.18. The Kier molecular flexibility index (Phi) is 5.77. The van der Waals surface area contributed by atoms with Crippen LogP contribution in [-0.2, 0) is 9.53 Å². The molecule has 0 unspecified atom stereocenters. The average Bonchev–Trinajstić information content (AvgIpc) is 2.98. The Labute approximate surface area is 137 Å². The summed E-state index contributed by atoms with van der Waals surface area (Å²) < 4.78 is 5.70. The van der Waals surface area contributed by atoms with Gasteiger partial charge in [0.25, 0.3) is 5.91 Å². The lowest BCUT2D eigenvalue weighted by Gasteiger charge is -2.19. The average molecular weight is 318 g/mol. The van der Waals surface area contributed by atoms with Crippen molar-refractivity contribution in [3.8, 4) is 0 Å². The van der Waals surface area contributed by atoms with Gasteiger partial charge in [0.1, 0.15) is 0 Å². The van der Waals surface area contributed by atoms with E-state index in [-0.39, 0.29) is 23.3 Å². The van der Waals surface area contributed by atoms with E-state index >= 15 is 0 Å². The topological polar surface area (TPSA) is 67.4 Å². The fourth-order valence-corrected chi connectivity index (χ4v) is 2.46. The lowest BCUT2D eigenvalue weighted by atomic mass is 9.95. The van der Waals surface area contributed by atoms with Gasteiger partial charge in [0, 0.05) is 30.0 Å². The van der Waals surface area contributed by atoms with Crippen molar-refractivity contribution >= 4 is 11.8 Å². The van der Waals surface area contributed by atoms with Crippen molar-refractivity contribution in [3.63, 3.8) is 0 Å². The van der Waals surface area contributed by atoms with Crippen LogP contribution < -0.4 is 10.6 Å². The first-order valence-corrected chi connectivity index (χ1v) is 8.09. The molecule has 2 atom stereocenters. The predicted molar refractivity (Wildman–Crippen MR) is 89.1 cm³/mol. The zero-order chi connectivity index (χ0) is 16.9. The number of hydrogen-bond acceptors (Lipinski definition) is 3. The van der Waals surface area contributed by atoms with E-state index in [1.807, 2.05) is 39.0 Å². The van der Waals surface area contributed by atoms with Crippen LogP contribution in [0.1, 0.15) is 37.6 Å². The molecule has 0 saturated carbocycles.